The zero-order valence-electron chi connectivity index (χ0n) is 14.7. The number of methoxy groups -OCH3 is 1. The van der Waals surface area contributed by atoms with E-state index in [1.807, 2.05) is 6.07 Å². The van der Waals surface area contributed by atoms with Gasteiger partial charge in [-0.1, -0.05) is 30.3 Å². The number of halogens is 1. The van der Waals surface area contributed by atoms with Gasteiger partial charge in [-0.2, -0.15) is 0 Å². The summed E-state index contributed by atoms with van der Waals surface area (Å²) in [5.41, 5.74) is 1.32. The summed E-state index contributed by atoms with van der Waals surface area (Å²) in [6.07, 6.45) is 1.99. The van der Waals surface area contributed by atoms with Crippen molar-refractivity contribution in [2.75, 3.05) is 33.9 Å². The number of aryl methyl sites for hydroxylation is 1. The number of nitrogens with zero attached hydrogens (tertiary/aromatic N) is 1. The van der Waals surface area contributed by atoms with E-state index in [1.165, 1.54) is 5.56 Å². The Labute approximate surface area is 161 Å². The number of rotatable bonds is 9. The highest BCUT2D eigenvalue weighted by molar-refractivity contribution is 14.0. The van der Waals surface area contributed by atoms with Crippen molar-refractivity contribution < 1.29 is 9.53 Å². The van der Waals surface area contributed by atoms with Gasteiger partial charge in [-0.15, -0.1) is 24.0 Å². The molecule has 0 heterocycles. The van der Waals surface area contributed by atoms with Crippen molar-refractivity contribution in [2.45, 2.75) is 25.8 Å². The predicted octanol–water partition coefficient (Wildman–Crippen LogP) is 1.55. The van der Waals surface area contributed by atoms with E-state index in [0.29, 0.717) is 19.1 Å². The number of amides is 1. The van der Waals surface area contributed by atoms with Crippen molar-refractivity contribution in [1.29, 1.82) is 0 Å². The number of aliphatic imine (C=N–C) groups is 1. The number of ether oxygens (including phenoxy) is 1. The van der Waals surface area contributed by atoms with E-state index in [9.17, 15) is 4.79 Å². The maximum Gasteiger partial charge on any atom is 0.239 e. The van der Waals surface area contributed by atoms with Gasteiger partial charge in [0.1, 0.15) is 0 Å². The average Bonchev–Trinajstić information content (AvgIpc) is 2.58. The normalized spacial score (nSPS) is 12.0. The number of hydrogen-bond acceptors (Lipinski definition) is 3. The number of hydrogen-bond donors (Lipinski definition) is 3. The Balaban J connectivity index is 0.00000529. The molecule has 1 aromatic carbocycles. The summed E-state index contributed by atoms with van der Waals surface area (Å²) in [5.74, 6) is 0.550. The van der Waals surface area contributed by atoms with Crippen molar-refractivity contribution in [3.63, 3.8) is 0 Å². The second kappa shape index (κ2) is 14.0. The van der Waals surface area contributed by atoms with Gasteiger partial charge in [0.15, 0.2) is 5.96 Å². The van der Waals surface area contributed by atoms with Crippen LogP contribution in [0.2, 0.25) is 0 Å². The minimum atomic E-state index is -0.0815. The van der Waals surface area contributed by atoms with E-state index < -0.39 is 0 Å². The molecule has 6 nitrogen and oxygen atoms in total. The Hall–Kier alpha value is -1.35. The molecule has 24 heavy (non-hydrogen) atoms. The number of guanidine groups is 1. The highest BCUT2D eigenvalue weighted by Crippen LogP contribution is 2.04. The Bertz CT molecular complexity index is 483. The smallest absolute Gasteiger partial charge is 0.239 e. The molecule has 3 N–H and O–H groups in total. The fourth-order valence-electron chi connectivity index (χ4n) is 2.05. The minimum absolute atomic E-state index is 0. The van der Waals surface area contributed by atoms with Gasteiger partial charge in [0.05, 0.1) is 13.2 Å². The number of carbonyl (C=O) groups is 1. The third-order valence-corrected chi connectivity index (χ3v) is 3.36. The molecule has 0 aliphatic heterocycles. The summed E-state index contributed by atoms with van der Waals surface area (Å²) in [6, 6.07) is 10.6. The molecule has 1 aromatic rings. The van der Waals surface area contributed by atoms with E-state index in [1.54, 1.807) is 14.2 Å². The molecule has 0 radical (unpaired) electrons. The first kappa shape index (κ1) is 22.6. The average molecular weight is 448 g/mol. The Morgan fingerprint density at radius 3 is 2.58 bits per heavy atom. The molecule has 1 unspecified atom stereocenters. The molecular weight excluding hydrogens is 419 g/mol. The predicted molar refractivity (Wildman–Crippen MR) is 109 cm³/mol. The standard InChI is InChI=1S/C17H28N4O2.HI/c1-14(9-10-15-7-5-4-6-8-15)21-17(18-2)20-13-16(22)19-11-12-23-3;/h4-8,14H,9-13H2,1-3H3,(H,19,22)(H2,18,20,21);1H. The summed E-state index contributed by atoms with van der Waals surface area (Å²) in [4.78, 5) is 15.8. The van der Waals surface area contributed by atoms with Crippen LogP contribution in [-0.2, 0) is 16.0 Å². The molecule has 0 saturated carbocycles. The maximum absolute atomic E-state index is 11.6. The van der Waals surface area contributed by atoms with Gasteiger partial charge < -0.3 is 20.7 Å². The van der Waals surface area contributed by atoms with Crippen LogP contribution in [0, 0.1) is 0 Å². The van der Waals surface area contributed by atoms with Gasteiger partial charge in [0.25, 0.3) is 0 Å². The molecule has 1 atom stereocenters. The van der Waals surface area contributed by atoms with Gasteiger partial charge in [-0.05, 0) is 25.3 Å². The largest absolute Gasteiger partial charge is 0.383 e. The lowest BCUT2D eigenvalue weighted by Crippen LogP contribution is -2.46. The SMILES string of the molecule is CN=C(NCC(=O)NCCOC)NC(C)CCc1ccccc1.I. The maximum atomic E-state index is 11.6. The lowest BCUT2D eigenvalue weighted by molar-refractivity contribution is -0.120. The molecule has 0 spiro atoms. The summed E-state index contributed by atoms with van der Waals surface area (Å²) in [6.45, 7) is 3.31. The highest BCUT2D eigenvalue weighted by Gasteiger charge is 2.07. The van der Waals surface area contributed by atoms with E-state index in [-0.39, 0.29) is 42.5 Å². The topological polar surface area (TPSA) is 74.8 Å². The first-order valence-electron chi connectivity index (χ1n) is 7.92. The molecule has 0 aromatic heterocycles. The van der Waals surface area contributed by atoms with Gasteiger partial charge in [-0.3, -0.25) is 9.79 Å². The fraction of sp³-hybridized carbons (Fsp3) is 0.529. The van der Waals surface area contributed by atoms with Crippen LogP contribution in [0.1, 0.15) is 18.9 Å². The molecule has 1 amide bonds. The molecule has 0 saturated heterocycles. The quantitative estimate of drug-likeness (QED) is 0.232. The van der Waals surface area contributed by atoms with Gasteiger partial charge in [-0.25, -0.2) is 0 Å². The molecule has 0 aliphatic carbocycles. The summed E-state index contributed by atoms with van der Waals surface area (Å²) in [7, 11) is 3.30. The zero-order valence-corrected chi connectivity index (χ0v) is 17.0. The number of nitrogens with one attached hydrogen (secondary N) is 3. The molecule has 1 rings (SSSR count). The number of benzene rings is 1. The van der Waals surface area contributed by atoms with Crippen LogP contribution in [0.3, 0.4) is 0 Å². The fourth-order valence-corrected chi connectivity index (χ4v) is 2.05. The van der Waals surface area contributed by atoms with Crippen LogP contribution in [-0.4, -0.2) is 51.8 Å². The lowest BCUT2D eigenvalue weighted by Gasteiger charge is -2.18. The summed E-state index contributed by atoms with van der Waals surface area (Å²) < 4.78 is 4.88. The third kappa shape index (κ3) is 10.4. The van der Waals surface area contributed by atoms with Crippen molar-refractivity contribution in [3.8, 4) is 0 Å². The first-order chi connectivity index (χ1) is 11.2. The van der Waals surface area contributed by atoms with Gasteiger partial charge >= 0.3 is 0 Å². The molecule has 136 valence electrons. The monoisotopic (exact) mass is 448 g/mol. The van der Waals surface area contributed by atoms with Crippen LogP contribution < -0.4 is 16.0 Å². The Kier molecular flexibility index (Phi) is 13.2. The molecule has 0 bridgehead atoms. The molecule has 7 heteroatoms. The Morgan fingerprint density at radius 2 is 1.96 bits per heavy atom. The van der Waals surface area contributed by atoms with Gasteiger partial charge in [0.2, 0.25) is 5.91 Å². The van der Waals surface area contributed by atoms with Crippen LogP contribution in [0.4, 0.5) is 0 Å². The second-order valence-electron chi connectivity index (χ2n) is 5.34. The van der Waals surface area contributed by atoms with Crippen molar-refractivity contribution in [3.05, 3.63) is 35.9 Å². The second-order valence-corrected chi connectivity index (χ2v) is 5.34. The molecule has 0 fully saturated rings. The highest BCUT2D eigenvalue weighted by atomic mass is 127. The van der Waals surface area contributed by atoms with Crippen LogP contribution in [0.5, 0.6) is 0 Å². The number of carbonyl (C=O) groups excluding carboxylic acids is 1. The van der Waals surface area contributed by atoms with E-state index in [0.717, 1.165) is 12.8 Å². The lowest BCUT2D eigenvalue weighted by atomic mass is 10.1. The van der Waals surface area contributed by atoms with Crippen LogP contribution >= 0.6 is 24.0 Å². The molecule has 0 aliphatic rings. The van der Waals surface area contributed by atoms with Gasteiger partial charge in [0, 0.05) is 26.7 Å². The van der Waals surface area contributed by atoms with Crippen molar-refractivity contribution in [2.24, 2.45) is 4.99 Å². The third-order valence-electron chi connectivity index (χ3n) is 3.36. The van der Waals surface area contributed by atoms with Crippen molar-refractivity contribution >= 4 is 35.8 Å². The minimum Gasteiger partial charge on any atom is -0.383 e. The van der Waals surface area contributed by atoms with Crippen LogP contribution in [0.15, 0.2) is 35.3 Å². The van der Waals surface area contributed by atoms with E-state index >= 15 is 0 Å². The molecular formula is C17H29IN4O2. The van der Waals surface area contributed by atoms with E-state index in [4.69, 9.17) is 4.74 Å². The summed E-state index contributed by atoms with van der Waals surface area (Å²) in [5, 5.41) is 9.06. The first-order valence-corrected chi connectivity index (χ1v) is 7.92. The summed E-state index contributed by atoms with van der Waals surface area (Å²) >= 11 is 0. The van der Waals surface area contributed by atoms with Crippen LogP contribution in [0.25, 0.3) is 0 Å². The van der Waals surface area contributed by atoms with Crippen molar-refractivity contribution in [1.82, 2.24) is 16.0 Å². The zero-order chi connectivity index (χ0) is 16.9. The Morgan fingerprint density at radius 1 is 1.25 bits per heavy atom. The van der Waals surface area contributed by atoms with E-state index in [2.05, 4.69) is 52.1 Å².